The predicted octanol–water partition coefficient (Wildman–Crippen LogP) is 5.03. The molecule has 4 rings (SSSR count). The average molecular weight is 395 g/mol. The second kappa shape index (κ2) is 6.76. The van der Waals surface area contributed by atoms with E-state index in [9.17, 15) is 17.6 Å². The fraction of sp³-hybridized carbons (Fsp3) is 0.263. The molecule has 1 saturated heterocycles. The molecule has 0 saturated carbocycles. The highest BCUT2D eigenvalue weighted by Gasteiger charge is 2.31. The average Bonchev–Trinajstić information content (AvgIpc) is 2.97. The van der Waals surface area contributed by atoms with Gasteiger partial charge in [0.25, 0.3) is 0 Å². The molecule has 27 heavy (non-hydrogen) atoms. The van der Waals surface area contributed by atoms with Crippen LogP contribution in [0.1, 0.15) is 5.56 Å². The summed E-state index contributed by atoms with van der Waals surface area (Å²) in [6.07, 6.45) is -3.34. The van der Waals surface area contributed by atoms with Crippen LogP contribution >= 0.6 is 11.9 Å². The Morgan fingerprint density at radius 1 is 1.07 bits per heavy atom. The van der Waals surface area contributed by atoms with Gasteiger partial charge in [-0.3, -0.25) is 4.72 Å². The number of nitrogens with zero attached hydrogens (tertiary/aromatic N) is 2. The van der Waals surface area contributed by atoms with E-state index in [4.69, 9.17) is 0 Å². The third kappa shape index (κ3) is 3.39. The molecule has 3 nitrogen and oxygen atoms in total. The quantitative estimate of drug-likeness (QED) is 0.494. The number of hydrogen-bond donors (Lipinski definition) is 1. The third-order valence-electron chi connectivity index (χ3n) is 4.63. The largest absolute Gasteiger partial charge is 0.416 e. The number of benzene rings is 2. The summed E-state index contributed by atoms with van der Waals surface area (Å²) in [6.45, 7) is 0.658. The summed E-state index contributed by atoms with van der Waals surface area (Å²) in [5.74, 6) is 0. The summed E-state index contributed by atoms with van der Waals surface area (Å²) in [7, 11) is 1.83. The summed E-state index contributed by atoms with van der Waals surface area (Å²) in [4.78, 5) is 2.95. The first-order valence-electron chi connectivity index (χ1n) is 8.42. The van der Waals surface area contributed by atoms with Gasteiger partial charge in [0.2, 0.25) is 0 Å². The van der Waals surface area contributed by atoms with Crippen LogP contribution in [0.4, 0.5) is 23.2 Å². The first-order valence-corrected chi connectivity index (χ1v) is 9.24. The Kier molecular flexibility index (Phi) is 4.55. The molecule has 2 aromatic carbocycles. The van der Waals surface area contributed by atoms with Crippen molar-refractivity contribution in [1.82, 2.24) is 9.29 Å². The van der Waals surface area contributed by atoms with Crippen molar-refractivity contribution in [3.05, 3.63) is 54.2 Å². The summed E-state index contributed by atoms with van der Waals surface area (Å²) < 4.78 is 56.7. The maximum Gasteiger partial charge on any atom is 0.416 e. The van der Waals surface area contributed by atoms with Crippen LogP contribution in [0.25, 0.3) is 16.6 Å². The molecule has 0 spiro atoms. The highest BCUT2D eigenvalue weighted by Crippen LogP contribution is 2.37. The zero-order chi connectivity index (χ0) is 19.2. The number of fused-ring (bicyclic) bond motifs is 1. The van der Waals surface area contributed by atoms with Crippen LogP contribution < -0.4 is 9.62 Å². The minimum atomic E-state index is -4.37. The van der Waals surface area contributed by atoms with E-state index >= 15 is 0 Å². The van der Waals surface area contributed by atoms with Crippen LogP contribution in [0.15, 0.2) is 53.6 Å². The first-order chi connectivity index (χ1) is 12.9. The molecule has 0 radical (unpaired) electrons. The lowest BCUT2D eigenvalue weighted by molar-refractivity contribution is -0.137. The lowest BCUT2D eigenvalue weighted by atomic mass is 10.1. The van der Waals surface area contributed by atoms with Gasteiger partial charge in [0.15, 0.2) is 0 Å². The molecule has 1 N–H and O–H groups in total. The Morgan fingerprint density at radius 2 is 1.78 bits per heavy atom. The molecule has 142 valence electrons. The Balaban J connectivity index is 1.80. The maximum atomic E-state index is 13.4. The van der Waals surface area contributed by atoms with Gasteiger partial charge in [0, 0.05) is 22.2 Å². The smallest absolute Gasteiger partial charge is 0.364 e. The molecule has 1 aromatic heterocycles. The van der Waals surface area contributed by atoms with Gasteiger partial charge in [-0.05, 0) is 61.5 Å². The van der Waals surface area contributed by atoms with Crippen molar-refractivity contribution in [3.63, 3.8) is 0 Å². The Labute approximate surface area is 158 Å². The van der Waals surface area contributed by atoms with Crippen molar-refractivity contribution in [2.45, 2.75) is 17.2 Å². The molecule has 0 bridgehead atoms. The SMILES string of the molecule is CNSc1ccc2c(c1)c(N1CC(F)C1)cn2-c1ccc(C(F)(F)F)cc1. The molecule has 3 aromatic rings. The number of anilines is 1. The van der Waals surface area contributed by atoms with Crippen LogP contribution in [0, 0.1) is 0 Å². The van der Waals surface area contributed by atoms with Gasteiger partial charge >= 0.3 is 6.18 Å². The Morgan fingerprint density at radius 3 is 2.37 bits per heavy atom. The molecule has 1 fully saturated rings. The molecule has 0 atom stereocenters. The Hall–Kier alpha value is -2.19. The lowest BCUT2D eigenvalue weighted by Crippen LogP contribution is -2.48. The number of hydrogen-bond acceptors (Lipinski definition) is 3. The lowest BCUT2D eigenvalue weighted by Gasteiger charge is -2.35. The van der Waals surface area contributed by atoms with Gasteiger partial charge in [0.1, 0.15) is 6.17 Å². The maximum absolute atomic E-state index is 13.4. The predicted molar refractivity (Wildman–Crippen MR) is 100 cm³/mol. The van der Waals surface area contributed by atoms with Crippen LogP contribution in [0.3, 0.4) is 0 Å². The zero-order valence-electron chi connectivity index (χ0n) is 14.4. The van der Waals surface area contributed by atoms with E-state index in [0.717, 1.165) is 33.6 Å². The van der Waals surface area contributed by atoms with Crippen LogP contribution in [-0.4, -0.2) is 30.9 Å². The van der Waals surface area contributed by atoms with Gasteiger partial charge in [-0.1, -0.05) is 0 Å². The fourth-order valence-electron chi connectivity index (χ4n) is 3.27. The minimum Gasteiger partial charge on any atom is -0.364 e. The fourth-order valence-corrected chi connectivity index (χ4v) is 3.82. The highest BCUT2D eigenvalue weighted by molar-refractivity contribution is 7.97. The number of alkyl halides is 4. The van der Waals surface area contributed by atoms with Crippen molar-refractivity contribution in [2.24, 2.45) is 0 Å². The van der Waals surface area contributed by atoms with Gasteiger partial charge in [-0.15, -0.1) is 0 Å². The normalized spacial score (nSPS) is 15.4. The van der Waals surface area contributed by atoms with E-state index in [1.165, 1.54) is 24.1 Å². The minimum absolute atomic E-state index is 0.329. The van der Waals surface area contributed by atoms with E-state index < -0.39 is 17.9 Å². The second-order valence-electron chi connectivity index (χ2n) is 6.42. The molecular weight excluding hydrogens is 378 g/mol. The molecule has 0 unspecified atom stereocenters. The van der Waals surface area contributed by atoms with Crippen molar-refractivity contribution in [1.29, 1.82) is 0 Å². The molecule has 8 heteroatoms. The van der Waals surface area contributed by atoms with Gasteiger partial charge in [0.05, 0.1) is 29.9 Å². The molecule has 1 aliphatic rings. The zero-order valence-corrected chi connectivity index (χ0v) is 15.2. The van der Waals surface area contributed by atoms with Crippen molar-refractivity contribution in [3.8, 4) is 5.69 Å². The number of nitrogens with one attached hydrogen (secondary N) is 1. The van der Waals surface area contributed by atoms with E-state index in [2.05, 4.69) is 4.72 Å². The van der Waals surface area contributed by atoms with Gasteiger partial charge in [-0.2, -0.15) is 13.2 Å². The van der Waals surface area contributed by atoms with Gasteiger partial charge in [-0.25, -0.2) is 4.39 Å². The summed E-state index contributed by atoms with van der Waals surface area (Å²) in [5.41, 5.74) is 1.70. The van der Waals surface area contributed by atoms with E-state index in [1.807, 2.05) is 40.9 Å². The molecule has 1 aliphatic heterocycles. The third-order valence-corrected chi connectivity index (χ3v) is 5.32. The first kappa shape index (κ1) is 18.2. The van der Waals surface area contributed by atoms with Crippen LogP contribution in [0.2, 0.25) is 0 Å². The van der Waals surface area contributed by atoms with Gasteiger partial charge < -0.3 is 9.47 Å². The van der Waals surface area contributed by atoms with E-state index in [0.29, 0.717) is 18.8 Å². The van der Waals surface area contributed by atoms with Crippen LogP contribution in [-0.2, 0) is 6.18 Å². The van der Waals surface area contributed by atoms with Crippen molar-refractivity contribution in [2.75, 3.05) is 25.0 Å². The topological polar surface area (TPSA) is 20.2 Å². The van der Waals surface area contributed by atoms with Crippen LogP contribution in [0.5, 0.6) is 0 Å². The monoisotopic (exact) mass is 395 g/mol. The molecule has 0 amide bonds. The van der Waals surface area contributed by atoms with E-state index in [-0.39, 0.29) is 0 Å². The Bertz CT molecular complexity index is 959. The summed E-state index contributed by atoms with van der Waals surface area (Å²) in [5, 5.41) is 0.946. The number of aromatic nitrogens is 1. The molecule has 0 aliphatic carbocycles. The van der Waals surface area contributed by atoms with Crippen molar-refractivity contribution < 1.29 is 17.6 Å². The standard InChI is InChI=1S/C19H17F4N3S/c1-24-27-15-6-7-17-16(8-15)18(25-9-13(20)10-25)11-26(17)14-4-2-12(3-5-14)19(21,22)23/h2-8,11,13,24H,9-10H2,1H3. The number of rotatable bonds is 4. The number of halogens is 4. The summed E-state index contributed by atoms with van der Waals surface area (Å²) in [6, 6.07) is 11.0. The molecule has 2 heterocycles. The second-order valence-corrected chi connectivity index (χ2v) is 7.50. The van der Waals surface area contributed by atoms with E-state index in [1.54, 1.807) is 0 Å². The van der Waals surface area contributed by atoms with Crippen molar-refractivity contribution >= 4 is 28.5 Å². The molecular formula is C19H17F4N3S. The highest BCUT2D eigenvalue weighted by atomic mass is 32.2. The summed E-state index contributed by atoms with van der Waals surface area (Å²) >= 11 is 1.47.